The molecule has 0 spiro atoms. The number of aryl methyl sites for hydroxylation is 3. The number of carbonyl (C=O) groups is 2. The minimum absolute atomic E-state index is 0.131. The summed E-state index contributed by atoms with van der Waals surface area (Å²) in [5, 5.41) is 7.42. The molecule has 0 saturated carbocycles. The lowest BCUT2D eigenvalue weighted by atomic mass is 10.0. The van der Waals surface area contributed by atoms with Crippen LogP contribution in [0.5, 0.6) is 0 Å². The summed E-state index contributed by atoms with van der Waals surface area (Å²) >= 11 is 1.22. The maximum absolute atomic E-state index is 12.9. The number of thioether (sulfide) groups is 1. The molecule has 42 heavy (non-hydrogen) atoms. The Balaban J connectivity index is 1.32. The van der Waals surface area contributed by atoms with Crippen LogP contribution in [0, 0.1) is 13.8 Å². The quantitative estimate of drug-likeness (QED) is 0.271. The highest BCUT2D eigenvalue weighted by molar-refractivity contribution is 8.15. The molecule has 1 fully saturated rings. The molecule has 2 aromatic heterocycles. The minimum atomic E-state index is -4.48. The minimum Gasteiger partial charge on any atom is -0.306 e. The van der Waals surface area contributed by atoms with E-state index in [-0.39, 0.29) is 17.5 Å². The van der Waals surface area contributed by atoms with Crippen molar-refractivity contribution in [3.8, 4) is 17.2 Å². The normalized spacial score (nSPS) is 14.6. The second-order valence-corrected chi connectivity index (χ2v) is 10.6. The van der Waals surface area contributed by atoms with Crippen molar-refractivity contribution < 1.29 is 22.8 Å². The smallest absolute Gasteiger partial charge is 0.306 e. The number of hydrogen-bond donors (Lipinski definition) is 1. The molecular formula is C29H26F3N7O2S. The van der Waals surface area contributed by atoms with Gasteiger partial charge in [0.25, 0.3) is 0 Å². The fraction of sp³-hybridized carbons (Fsp3) is 0.241. The number of hydrogen-bond acceptors (Lipinski definition) is 6. The molecule has 13 heteroatoms. The van der Waals surface area contributed by atoms with Crippen LogP contribution in [0.15, 0.2) is 66.0 Å². The van der Waals surface area contributed by atoms with Gasteiger partial charge in [-0.05, 0) is 73.4 Å². The molecule has 0 bridgehead atoms. The second-order valence-electron chi connectivity index (χ2n) is 9.67. The lowest BCUT2D eigenvalue weighted by Crippen LogP contribution is -2.31. The second kappa shape index (κ2) is 11.8. The monoisotopic (exact) mass is 593 g/mol. The van der Waals surface area contributed by atoms with E-state index in [1.165, 1.54) is 33.7 Å². The first-order chi connectivity index (χ1) is 20.0. The van der Waals surface area contributed by atoms with E-state index in [9.17, 15) is 22.8 Å². The van der Waals surface area contributed by atoms with Gasteiger partial charge in [0.05, 0.1) is 17.0 Å². The molecule has 1 saturated heterocycles. The van der Waals surface area contributed by atoms with Crippen molar-refractivity contribution in [1.82, 2.24) is 19.7 Å². The highest BCUT2D eigenvalue weighted by atomic mass is 32.2. The van der Waals surface area contributed by atoms with Gasteiger partial charge in [0.15, 0.2) is 16.8 Å². The Labute approximate surface area is 243 Å². The number of anilines is 2. The average molecular weight is 594 g/mol. The standard InChI is InChI=1S/C29H26F3N7O2S/c1-4-5-19-7-6-17(2)12-23(19)39-25(40)15-42-28(39)36-27(41)35-22-10-8-20(13-18(22)3)26-34-16-38(37-26)24-11-9-21(14-33-24)29(30,31)32/h6-14,16H,4-5,15H2,1-3H3,(H,35,41). The van der Waals surface area contributed by atoms with Crippen molar-refractivity contribution in [3.63, 3.8) is 0 Å². The van der Waals surface area contributed by atoms with Crippen LogP contribution in [-0.4, -0.2) is 42.6 Å². The number of benzene rings is 2. The van der Waals surface area contributed by atoms with Crippen molar-refractivity contribution in [2.75, 3.05) is 16.0 Å². The van der Waals surface area contributed by atoms with Gasteiger partial charge in [0, 0.05) is 17.4 Å². The molecule has 3 amide bonds. The number of pyridine rings is 1. The lowest BCUT2D eigenvalue weighted by Gasteiger charge is -2.20. The summed E-state index contributed by atoms with van der Waals surface area (Å²) in [6, 6.07) is 12.6. The zero-order valence-corrected chi connectivity index (χ0v) is 23.8. The third-order valence-electron chi connectivity index (χ3n) is 6.49. The van der Waals surface area contributed by atoms with E-state index in [0.717, 1.165) is 41.9 Å². The van der Waals surface area contributed by atoms with Crippen molar-refractivity contribution in [2.24, 2.45) is 4.99 Å². The van der Waals surface area contributed by atoms with Crippen molar-refractivity contribution >= 4 is 40.2 Å². The first-order valence-corrected chi connectivity index (χ1v) is 14.0. The SMILES string of the molecule is CCCc1ccc(C)cc1N1C(=O)CSC1=NC(=O)Nc1ccc(-c2ncn(-c3ccc(C(F)(F)F)cn3)n2)cc1C. The maximum atomic E-state index is 12.9. The van der Waals surface area contributed by atoms with Gasteiger partial charge in [0.2, 0.25) is 5.91 Å². The number of urea groups is 1. The van der Waals surface area contributed by atoms with Gasteiger partial charge in [-0.15, -0.1) is 5.10 Å². The summed E-state index contributed by atoms with van der Waals surface area (Å²) in [5.41, 5.74) is 3.77. The average Bonchev–Trinajstić information content (AvgIpc) is 3.58. The van der Waals surface area contributed by atoms with E-state index in [1.54, 1.807) is 25.1 Å². The zero-order chi connectivity index (χ0) is 30.0. The first-order valence-electron chi connectivity index (χ1n) is 13.0. The molecule has 0 atom stereocenters. The molecule has 0 aliphatic carbocycles. The molecule has 5 rings (SSSR count). The molecule has 3 heterocycles. The van der Waals surface area contributed by atoms with Crippen LogP contribution in [0.4, 0.5) is 29.3 Å². The Bertz CT molecular complexity index is 1680. The Kier molecular flexibility index (Phi) is 8.12. The van der Waals surface area contributed by atoms with Crippen LogP contribution in [0.1, 0.15) is 35.6 Å². The Morgan fingerprint density at radius 3 is 2.60 bits per heavy atom. The van der Waals surface area contributed by atoms with Gasteiger partial charge in [-0.2, -0.15) is 18.2 Å². The Hall–Kier alpha value is -4.52. The summed E-state index contributed by atoms with van der Waals surface area (Å²) in [7, 11) is 0. The fourth-order valence-electron chi connectivity index (χ4n) is 4.41. The van der Waals surface area contributed by atoms with Crippen LogP contribution in [0.25, 0.3) is 17.2 Å². The molecule has 4 aromatic rings. The first kappa shape index (κ1) is 29.0. The van der Waals surface area contributed by atoms with Gasteiger partial charge < -0.3 is 5.32 Å². The summed E-state index contributed by atoms with van der Waals surface area (Å²) in [6.45, 7) is 5.82. The van der Waals surface area contributed by atoms with Crippen LogP contribution in [0.3, 0.4) is 0 Å². The number of nitrogens with one attached hydrogen (secondary N) is 1. The molecule has 9 nitrogen and oxygen atoms in total. The highest BCUT2D eigenvalue weighted by Crippen LogP contribution is 2.32. The molecule has 2 aromatic carbocycles. The van der Waals surface area contributed by atoms with Crippen LogP contribution < -0.4 is 10.2 Å². The van der Waals surface area contributed by atoms with Gasteiger partial charge in [-0.25, -0.2) is 19.4 Å². The number of aromatic nitrogens is 4. The predicted molar refractivity (Wildman–Crippen MR) is 156 cm³/mol. The number of carbonyl (C=O) groups excluding carboxylic acids is 2. The summed E-state index contributed by atoms with van der Waals surface area (Å²) in [6.07, 6.45) is -0.672. The summed E-state index contributed by atoms with van der Waals surface area (Å²) in [4.78, 5) is 39.5. The van der Waals surface area contributed by atoms with E-state index >= 15 is 0 Å². The molecule has 1 N–H and O–H groups in total. The molecular weight excluding hydrogens is 567 g/mol. The number of alkyl halides is 3. The molecule has 0 radical (unpaired) electrons. The van der Waals surface area contributed by atoms with Crippen LogP contribution >= 0.6 is 11.8 Å². The van der Waals surface area contributed by atoms with Gasteiger partial charge in [0.1, 0.15) is 6.33 Å². The number of amidine groups is 1. The van der Waals surface area contributed by atoms with E-state index in [2.05, 4.69) is 32.3 Å². The number of amides is 3. The zero-order valence-electron chi connectivity index (χ0n) is 22.9. The number of aliphatic imine (C=N–C) groups is 1. The maximum Gasteiger partial charge on any atom is 0.417 e. The van der Waals surface area contributed by atoms with Gasteiger partial charge >= 0.3 is 12.2 Å². The summed E-state index contributed by atoms with van der Waals surface area (Å²) in [5.74, 6) is 0.580. The lowest BCUT2D eigenvalue weighted by molar-refractivity contribution is -0.137. The van der Waals surface area contributed by atoms with Crippen molar-refractivity contribution in [3.05, 3.63) is 83.3 Å². The van der Waals surface area contributed by atoms with Crippen molar-refractivity contribution in [1.29, 1.82) is 0 Å². The predicted octanol–water partition coefficient (Wildman–Crippen LogP) is 6.59. The molecule has 1 aliphatic rings. The van der Waals surface area contributed by atoms with Crippen LogP contribution in [0.2, 0.25) is 0 Å². The number of halogens is 3. The van der Waals surface area contributed by atoms with Gasteiger partial charge in [-0.3, -0.25) is 9.69 Å². The van der Waals surface area contributed by atoms with E-state index in [4.69, 9.17) is 0 Å². The molecule has 216 valence electrons. The Morgan fingerprint density at radius 2 is 1.90 bits per heavy atom. The number of nitrogens with zero attached hydrogens (tertiary/aromatic N) is 6. The fourth-order valence-corrected chi connectivity index (χ4v) is 5.27. The number of rotatable bonds is 6. The molecule has 0 unspecified atom stereocenters. The van der Waals surface area contributed by atoms with Gasteiger partial charge in [-0.1, -0.05) is 37.2 Å². The molecule has 1 aliphatic heterocycles. The third-order valence-corrected chi connectivity index (χ3v) is 7.41. The van der Waals surface area contributed by atoms with Crippen molar-refractivity contribution in [2.45, 2.75) is 39.8 Å². The Morgan fingerprint density at radius 1 is 1.10 bits per heavy atom. The van der Waals surface area contributed by atoms with E-state index in [0.29, 0.717) is 27.8 Å². The largest absolute Gasteiger partial charge is 0.417 e. The third kappa shape index (κ3) is 6.20. The van der Waals surface area contributed by atoms with E-state index < -0.39 is 17.8 Å². The van der Waals surface area contributed by atoms with Crippen LogP contribution in [-0.2, 0) is 17.4 Å². The topological polar surface area (TPSA) is 105 Å². The highest BCUT2D eigenvalue weighted by Gasteiger charge is 2.32. The summed E-state index contributed by atoms with van der Waals surface area (Å²) < 4.78 is 39.8. The van der Waals surface area contributed by atoms with E-state index in [1.807, 2.05) is 25.1 Å².